The molecule has 0 spiro atoms. The Morgan fingerprint density at radius 3 is 3.27 bits per heavy atom. The molecule has 0 saturated heterocycles. The summed E-state index contributed by atoms with van der Waals surface area (Å²) in [6.07, 6.45) is 2.14. The van der Waals surface area contributed by atoms with Crippen molar-refractivity contribution in [2.24, 2.45) is 0 Å². The van der Waals surface area contributed by atoms with Crippen LogP contribution in [0.15, 0.2) is 10.7 Å². The van der Waals surface area contributed by atoms with E-state index in [1.807, 2.05) is 6.92 Å². The van der Waals surface area contributed by atoms with Gasteiger partial charge in [-0.1, -0.05) is 0 Å². The van der Waals surface area contributed by atoms with Gasteiger partial charge in [-0.25, -0.2) is 0 Å². The normalized spacial score (nSPS) is 10.6. The number of nitrogens with one attached hydrogen (secondary N) is 1. The Bertz CT molecular complexity index is 399. The molecule has 2 rings (SSSR count). The van der Waals surface area contributed by atoms with Crippen molar-refractivity contribution < 1.29 is 9.21 Å². The molecule has 0 unspecified atom stereocenters. The van der Waals surface area contributed by atoms with Gasteiger partial charge in [0.1, 0.15) is 11.8 Å². The molecule has 0 aromatic carbocycles. The molecule has 2 aromatic rings. The van der Waals surface area contributed by atoms with E-state index in [9.17, 15) is 4.79 Å². The third-order valence-electron chi connectivity index (χ3n) is 1.60. The molecule has 2 heterocycles. The molecule has 0 saturated carbocycles. The predicted molar refractivity (Wildman–Crippen MR) is 38.5 cm³/mol. The second-order valence-electron chi connectivity index (χ2n) is 2.34. The molecule has 0 fully saturated rings. The highest BCUT2D eigenvalue weighted by Gasteiger charge is 2.09. The molecule has 0 aliphatic rings. The number of nitrogens with zero attached hydrogens (tertiary/aromatic N) is 1. The lowest BCUT2D eigenvalue weighted by Crippen LogP contribution is -1.74. The summed E-state index contributed by atoms with van der Waals surface area (Å²) in [6, 6.07) is 0. The van der Waals surface area contributed by atoms with Crippen LogP contribution < -0.4 is 0 Å². The van der Waals surface area contributed by atoms with Crippen molar-refractivity contribution in [3.05, 3.63) is 17.5 Å². The van der Waals surface area contributed by atoms with Gasteiger partial charge in [0.05, 0.1) is 11.3 Å². The van der Waals surface area contributed by atoms with Crippen molar-refractivity contribution in [3.63, 3.8) is 0 Å². The zero-order chi connectivity index (χ0) is 7.84. The first-order valence-electron chi connectivity index (χ1n) is 3.20. The number of fused-ring (bicyclic) bond motifs is 1. The maximum atomic E-state index is 10.4. The second-order valence-corrected chi connectivity index (χ2v) is 2.34. The first kappa shape index (κ1) is 6.15. The van der Waals surface area contributed by atoms with E-state index >= 15 is 0 Å². The lowest BCUT2D eigenvalue weighted by molar-refractivity contribution is 0.112. The number of carbonyl (C=O) groups is 1. The standard InChI is InChI=1S/C7H6N2O2/c1-4-7-6(9-8-4)5(2-10)3-11-7/h2-3H,1H3,(H,8,9). The topological polar surface area (TPSA) is 58.9 Å². The maximum absolute atomic E-state index is 10.4. The third kappa shape index (κ3) is 0.690. The average Bonchev–Trinajstić information content (AvgIpc) is 2.53. The Labute approximate surface area is 62.2 Å². The molecule has 2 aromatic heterocycles. The fourth-order valence-corrected chi connectivity index (χ4v) is 1.02. The molecule has 0 aliphatic carbocycles. The van der Waals surface area contributed by atoms with Crippen molar-refractivity contribution >= 4 is 17.4 Å². The van der Waals surface area contributed by atoms with Crippen LogP contribution in [0.1, 0.15) is 16.1 Å². The summed E-state index contributed by atoms with van der Waals surface area (Å²) in [5.74, 6) is 0. The number of H-pyrrole nitrogens is 1. The zero-order valence-electron chi connectivity index (χ0n) is 5.92. The summed E-state index contributed by atoms with van der Waals surface area (Å²) < 4.78 is 5.09. The highest BCUT2D eigenvalue weighted by molar-refractivity contribution is 5.93. The minimum atomic E-state index is 0.490. The van der Waals surface area contributed by atoms with Crippen LogP contribution in [0.4, 0.5) is 0 Å². The van der Waals surface area contributed by atoms with Crippen molar-refractivity contribution in [2.45, 2.75) is 6.92 Å². The number of aryl methyl sites for hydroxylation is 1. The fraction of sp³-hybridized carbons (Fsp3) is 0.143. The molecule has 0 bridgehead atoms. The molecule has 11 heavy (non-hydrogen) atoms. The Morgan fingerprint density at radius 2 is 2.55 bits per heavy atom. The van der Waals surface area contributed by atoms with Crippen LogP contribution >= 0.6 is 0 Å². The highest BCUT2D eigenvalue weighted by Crippen LogP contribution is 2.19. The van der Waals surface area contributed by atoms with E-state index in [0.29, 0.717) is 16.7 Å². The smallest absolute Gasteiger partial charge is 0.175 e. The highest BCUT2D eigenvalue weighted by atomic mass is 16.3. The van der Waals surface area contributed by atoms with Gasteiger partial charge < -0.3 is 4.42 Å². The summed E-state index contributed by atoms with van der Waals surface area (Å²) >= 11 is 0. The summed E-state index contributed by atoms with van der Waals surface area (Å²) in [5, 5.41) is 6.63. The predicted octanol–water partition coefficient (Wildman–Crippen LogP) is 1.28. The number of aromatic nitrogens is 2. The van der Waals surface area contributed by atoms with Crippen LogP contribution in [0.5, 0.6) is 0 Å². The monoisotopic (exact) mass is 150 g/mol. The van der Waals surface area contributed by atoms with Gasteiger partial charge in [0.15, 0.2) is 11.9 Å². The van der Waals surface area contributed by atoms with Gasteiger partial charge in [-0.3, -0.25) is 9.89 Å². The van der Waals surface area contributed by atoms with E-state index in [2.05, 4.69) is 10.2 Å². The number of aldehydes is 1. The van der Waals surface area contributed by atoms with Gasteiger partial charge in [0.25, 0.3) is 0 Å². The van der Waals surface area contributed by atoms with E-state index in [0.717, 1.165) is 12.0 Å². The Balaban J connectivity index is 2.87. The summed E-state index contributed by atoms with van der Waals surface area (Å²) in [7, 11) is 0. The van der Waals surface area contributed by atoms with Crippen molar-refractivity contribution in [2.75, 3.05) is 0 Å². The van der Waals surface area contributed by atoms with Crippen LogP contribution in [0.3, 0.4) is 0 Å². The van der Waals surface area contributed by atoms with Gasteiger partial charge in [-0.2, -0.15) is 5.10 Å². The largest absolute Gasteiger partial charge is 0.460 e. The third-order valence-corrected chi connectivity index (χ3v) is 1.60. The quantitative estimate of drug-likeness (QED) is 0.623. The van der Waals surface area contributed by atoms with Gasteiger partial charge in [0.2, 0.25) is 0 Å². The zero-order valence-corrected chi connectivity index (χ0v) is 5.92. The van der Waals surface area contributed by atoms with Gasteiger partial charge in [-0.15, -0.1) is 0 Å². The Kier molecular flexibility index (Phi) is 1.09. The Morgan fingerprint density at radius 1 is 1.73 bits per heavy atom. The number of carbonyl (C=O) groups excluding carboxylic acids is 1. The molecule has 4 heteroatoms. The second kappa shape index (κ2) is 1.95. The lowest BCUT2D eigenvalue weighted by atomic mass is 10.3. The van der Waals surface area contributed by atoms with Gasteiger partial charge >= 0.3 is 0 Å². The molecule has 0 atom stereocenters. The molecule has 56 valence electrons. The molecule has 0 radical (unpaired) electrons. The number of furan rings is 1. The van der Waals surface area contributed by atoms with Gasteiger partial charge in [-0.05, 0) is 6.92 Å². The summed E-state index contributed by atoms with van der Waals surface area (Å²) in [4.78, 5) is 10.4. The molecule has 1 N–H and O–H groups in total. The van der Waals surface area contributed by atoms with Crippen LogP contribution in [0.2, 0.25) is 0 Å². The van der Waals surface area contributed by atoms with E-state index in [1.165, 1.54) is 6.26 Å². The van der Waals surface area contributed by atoms with Gasteiger partial charge in [0, 0.05) is 0 Å². The van der Waals surface area contributed by atoms with Crippen LogP contribution in [-0.4, -0.2) is 16.5 Å². The minimum Gasteiger partial charge on any atom is -0.460 e. The first-order valence-corrected chi connectivity index (χ1v) is 3.20. The minimum absolute atomic E-state index is 0.490. The van der Waals surface area contributed by atoms with Crippen LogP contribution in [-0.2, 0) is 0 Å². The van der Waals surface area contributed by atoms with Crippen molar-refractivity contribution in [3.8, 4) is 0 Å². The fourth-order valence-electron chi connectivity index (χ4n) is 1.02. The summed E-state index contributed by atoms with van der Waals surface area (Å²) in [5.41, 5.74) is 2.60. The average molecular weight is 150 g/mol. The Hall–Kier alpha value is -1.58. The number of hydrogen-bond donors (Lipinski definition) is 1. The van der Waals surface area contributed by atoms with Crippen molar-refractivity contribution in [1.82, 2.24) is 10.2 Å². The van der Waals surface area contributed by atoms with Crippen LogP contribution in [0.25, 0.3) is 11.1 Å². The lowest BCUT2D eigenvalue weighted by Gasteiger charge is -1.75. The SMILES string of the molecule is Cc1[nH]nc2c(C=O)coc12. The first-order chi connectivity index (χ1) is 5.33. The number of hydrogen-bond acceptors (Lipinski definition) is 3. The van der Waals surface area contributed by atoms with E-state index < -0.39 is 0 Å². The number of rotatable bonds is 1. The van der Waals surface area contributed by atoms with Crippen LogP contribution in [0, 0.1) is 6.92 Å². The molecular formula is C7H6N2O2. The molecule has 0 aliphatic heterocycles. The van der Waals surface area contributed by atoms with E-state index in [-0.39, 0.29) is 0 Å². The van der Waals surface area contributed by atoms with E-state index in [4.69, 9.17) is 4.42 Å². The molecule has 4 nitrogen and oxygen atoms in total. The maximum Gasteiger partial charge on any atom is 0.175 e. The van der Waals surface area contributed by atoms with E-state index in [1.54, 1.807) is 0 Å². The van der Waals surface area contributed by atoms with Crippen molar-refractivity contribution in [1.29, 1.82) is 0 Å². The molecule has 0 amide bonds. The number of aromatic amines is 1. The summed E-state index contributed by atoms with van der Waals surface area (Å²) in [6.45, 7) is 1.84. The molecular weight excluding hydrogens is 144 g/mol.